The van der Waals surface area contributed by atoms with Crippen LogP contribution in [0.15, 0.2) is 18.2 Å². The van der Waals surface area contributed by atoms with Crippen LogP contribution in [0.1, 0.15) is 75.8 Å². The molecule has 1 amide bonds. The van der Waals surface area contributed by atoms with Crippen LogP contribution in [-0.2, 0) is 14.4 Å². The van der Waals surface area contributed by atoms with E-state index in [1.165, 1.54) is 37.0 Å². The predicted molar refractivity (Wildman–Crippen MR) is 121 cm³/mol. The van der Waals surface area contributed by atoms with Gasteiger partial charge in [0.25, 0.3) is 0 Å². The van der Waals surface area contributed by atoms with Gasteiger partial charge in [-0.05, 0) is 31.4 Å². The molecule has 1 aromatic rings. The van der Waals surface area contributed by atoms with E-state index in [4.69, 9.17) is 0 Å². The Kier molecular flexibility index (Phi) is 12.4. The van der Waals surface area contributed by atoms with E-state index in [0.29, 0.717) is 12.1 Å². The molecule has 0 spiro atoms. The first-order valence-corrected chi connectivity index (χ1v) is 11.6. The molecule has 1 rings (SSSR count). The van der Waals surface area contributed by atoms with Gasteiger partial charge in [0.2, 0.25) is 5.91 Å². The predicted octanol–water partition coefficient (Wildman–Crippen LogP) is 5.51. The zero-order valence-electron chi connectivity index (χ0n) is 18.0. The van der Waals surface area contributed by atoms with Crippen LogP contribution >= 0.6 is 11.8 Å². The van der Waals surface area contributed by atoms with Gasteiger partial charge in [-0.2, -0.15) is 0 Å². The number of anilines is 1. The minimum Gasteiger partial charge on any atom is -0.480 e. The smallest absolute Gasteiger partial charge is 0.323 e. The Morgan fingerprint density at radius 3 is 2.03 bits per heavy atom. The quantitative estimate of drug-likeness (QED) is 0.401. The van der Waals surface area contributed by atoms with Crippen molar-refractivity contribution in [1.29, 1.82) is 0 Å². The number of carboxylic acid groups (broad SMARTS) is 1. The highest BCUT2D eigenvalue weighted by atomic mass is 32.2. The van der Waals surface area contributed by atoms with E-state index in [0.717, 1.165) is 42.2 Å². The normalized spacial score (nSPS) is 10.7. The first-order chi connectivity index (χ1) is 13.9. The Morgan fingerprint density at radius 1 is 0.931 bits per heavy atom. The monoisotopic (exact) mass is 421 g/mol. The number of aryl methyl sites for hydroxylation is 2. The van der Waals surface area contributed by atoms with Crippen molar-refractivity contribution in [3.63, 3.8) is 0 Å². The summed E-state index contributed by atoms with van der Waals surface area (Å²) >= 11 is 0.998. The number of unbranched alkanes of at least 4 members (excludes halogenated alkanes) is 7. The van der Waals surface area contributed by atoms with Crippen molar-refractivity contribution in [1.82, 2.24) is 0 Å². The van der Waals surface area contributed by atoms with Crippen molar-refractivity contribution < 1.29 is 19.5 Å². The molecule has 0 radical (unpaired) electrons. The van der Waals surface area contributed by atoms with Crippen LogP contribution in [0.3, 0.4) is 0 Å². The molecule has 1 aromatic carbocycles. The number of amides is 1. The molecule has 29 heavy (non-hydrogen) atoms. The second-order valence-corrected chi connectivity index (χ2v) is 8.53. The van der Waals surface area contributed by atoms with Crippen LogP contribution in [0.2, 0.25) is 0 Å². The fraction of sp³-hybridized carbons (Fsp3) is 0.609. The number of hydrogen-bond acceptors (Lipinski definition) is 4. The van der Waals surface area contributed by atoms with E-state index >= 15 is 0 Å². The van der Waals surface area contributed by atoms with Crippen molar-refractivity contribution >= 4 is 34.4 Å². The van der Waals surface area contributed by atoms with Crippen molar-refractivity contribution in [3.05, 3.63) is 29.3 Å². The highest BCUT2D eigenvalue weighted by Crippen LogP contribution is 2.25. The lowest BCUT2D eigenvalue weighted by atomic mass is 10.1. The Balaban J connectivity index is 2.45. The molecule has 1 N–H and O–H groups in total. The SMILES string of the molecule is CCCCCCCCCCC(=O)SCC(=O)N(CC(=O)O)c1c(C)cccc1C. The largest absolute Gasteiger partial charge is 0.480 e. The topological polar surface area (TPSA) is 74.7 Å². The van der Waals surface area contributed by atoms with Gasteiger partial charge in [-0.15, -0.1) is 0 Å². The molecule has 0 aliphatic heterocycles. The summed E-state index contributed by atoms with van der Waals surface area (Å²) in [5.41, 5.74) is 2.31. The minimum absolute atomic E-state index is 0.00103. The van der Waals surface area contributed by atoms with Gasteiger partial charge in [0, 0.05) is 6.42 Å². The molecule has 0 aromatic heterocycles. The summed E-state index contributed by atoms with van der Waals surface area (Å²) in [6.07, 6.45) is 9.84. The van der Waals surface area contributed by atoms with Gasteiger partial charge >= 0.3 is 5.97 Å². The molecule has 0 aliphatic rings. The Hall–Kier alpha value is -1.82. The van der Waals surface area contributed by atoms with Gasteiger partial charge < -0.3 is 5.11 Å². The summed E-state index contributed by atoms with van der Waals surface area (Å²) in [7, 11) is 0. The molecule has 5 nitrogen and oxygen atoms in total. The fourth-order valence-electron chi connectivity index (χ4n) is 3.35. The molecule has 0 heterocycles. The summed E-state index contributed by atoms with van der Waals surface area (Å²) in [4.78, 5) is 37.3. The molecule has 0 saturated heterocycles. The number of carboxylic acids is 1. The maximum Gasteiger partial charge on any atom is 0.323 e. The molecule has 0 atom stereocenters. The van der Waals surface area contributed by atoms with Crippen LogP contribution in [0.25, 0.3) is 0 Å². The zero-order valence-corrected chi connectivity index (χ0v) is 18.9. The van der Waals surface area contributed by atoms with Crippen LogP contribution < -0.4 is 4.90 Å². The maximum atomic E-state index is 12.7. The van der Waals surface area contributed by atoms with Crippen LogP contribution in [0, 0.1) is 13.8 Å². The molecule has 0 unspecified atom stereocenters. The molecule has 0 fully saturated rings. The number of hydrogen-bond donors (Lipinski definition) is 1. The number of carbonyl (C=O) groups is 3. The Morgan fingerprint density at radius 2 is 1.48 bits per heavy atom. The average molecular weight is 422 g/mol. The van der Waals surface area contributed by atoms with Crippen LogP contribution in [0.4, 0.5) is 5.69 Å². The molecule has 162 valence electrons. The lowest BCUT2D eigenvalue weighted by Crippen LogP contribution is -2.38. The van der Waals surface area contributed by atoms with E-state index in [9.17, 15) is 19.5 Å². The Bertz CT molecular complexity index is 655. The number of benzene rings is 1. The van der Waals surface area contributed by atoms with Crippen molar-refractivity contribution in [2.24, 2.45) is 0 Å². The number of carbonyl (C=O) groups excluding carboxylic acids is 2. The third-order valence-corrected chi connectivity index (χ3v) is 5.81. The van der Waals surface area contributed by atoms with E-state index in [1.807, 2.05) is 32.0 Å². The highest BCUT2D eigenvalue weighted by Gasteiger charge is 2.22. The van der Waals surface area contributed by atoms with Gasteiger partial charge in [0.15, 0.2) is 5.12 Å². The second-order valence-electron chi connectivity index (χ2n) is 7.50. The average Bonchev–Trinajstić information content (AvgIpc) is 2.67. The molecule has 0 aliphatic carbocycles. The summed E-state index contributed by atoms with van der Waals surface area (Å²) < 4.78 is 0. The summed E-state index contributed by atoms with van der Waals surface area (Å²) in [6, 6.07) is 5.58. The van der Waals surface area contributed by atoms with Gasteiger partial charge in [-0.3, -0.25) is 19.3 Å². The number of rotatable bonds is 14. The first kappa shape index (κ1) is 25.2. The summed E-state index contributed by atoms with van der Waals surface area (Å²) in [5.74, 6) is -1.45. The van der Waals surface area contributed by atoms with Gasteiger partial charge in [-0.25, -0.2) is 0 Å². The van der Waals surface area contributed by atoms with Crippen LogP contribution in [0.5, 0.6) is 0 Å². The van der Waals surface area contributed by atoms with Gasteiger partial charge in [0.1, 0.15) is 6.54 Å². The van der Waals surface area contributed by atoms with Crippen LogP contribution in [-0.4, -0.2) is 34.4 Å². The first-order valence-electron chi connectivity index (χ1n) is 10.6. The number of thioether (sulfide) groups is 1. The van der Waals surface area contributed by atoms with Crippen molar-refractivity contribution in [2.75, 3.05) is 17.2 Å². The third kappa shape index (κ3) is 9.97. The van der Waals surface area contributed by atoms with E-state index in [-0.39, 0.29) is 16.8 Å². The summed E-state index contributed by atoms with van der Waals surface area (Å²) in [5, 5.41) is 9.22. The highest BCUT2D eigenvalue weighted by molar-refractivity contribution is 8.14. The van der Waals surface area contributed by atoms with Gasteiger partial charge in [-0.1, -0.05) is 81.8 Å². The standard InChI is InChI=1S/C23H35NO4S/c1-4-5-6-7-8-9-10-11-15-22(28)29-17-20(25)24(16-21(26)27)23-18(2)13-12-14-19(23)3/h12-14H,4-11,15-17H2,1-3H3,(H,26,27). The lowest BCUT2D eigenvalue weighted by Gasteiger charge is -2.24. The maximum absolute atomic E-state index is 12.7. The third-order valence-electron chi connectivity index (χ3n) is 4.89. The van der Waals surface area contributed by atoms with Crippen molar-refractivity contribution in [3.8, 4) is 0 Å². The lowest BCUT2D eigenvalue weighted by molar-refractivity contribution is -0.136. The minimum atomic E-state index is -1.07. The molecule has 0 saturated carbocycles. The van der Waals surface area contributed by atoms with Crippen molar-refractivity contribution in [2.45, 2.75) is 78.6 Å². The van der Waals surface area contributed by atoms with E-state index < -0.39 is 12.5 Å². The molecular formula is C23H35NO4S. The second kappa shape index (κ2) is 14.2. The van der Waals surface area contributed by atoms with E-state index in [2.05, 4.69) is 6.92 Å². The number of para-hydroxylation sites is 1. The van der Waals surface area contributed by atoms with E-state index in [1.54, 1.807) is 0 Å². The van der Waals surface area contributed by atoms with Gasteiger partial charge in [0.05, 0.1) is 11.4 Å². The Labute approximate surface area is 179 Å². The molecule has 0 bridgehead atoms. The fourth-order valence-corrected chi connectivity index (χ4v) is 4.08. The molecule has 6 heteroatoms. The number of aliphatic carboxylic acids is 1. The molecular weight excluding hydrogens is 386 g/mol. The summed E-state index contributed by atoms with van der Waals surface area (Å²) in [6.45, 7) is 5.50. The zero-order chi connectivity index (χ0) is 21.6. The number of nitrogens with zero attached hydrogens (tertiary/aromatic N) is 1.